The second-order valence-electron chi connectivity index (χ2n) is 8.34. The summed E-state index contributed by atoms with van der Waals surface area (Å²) in [4.78, 5) is 12.4. The number of benzene rings is 1. The average Bonchev–Trinajstić information content (AvgIpc) is 2.75. The number of hydrogen-bond donors (Lipinski definition) is 4. The van der Waals surface area contributed by atoms with Gasteiger partial charge in [-0.15, -0.1) is 0 Å². The van der Waals surface area contributed by atoms with Crippen LogP contribution in [0.5, 0.6) is 0 Å². The van der Waals surface area contributed by atoms with E-state index in [0.29, 0.717) is 12.0 Å². The molecule has 2 heterocycles. The zero-order valence-electron chi connectivity index (χ0n) is 18.9. The quantitative estimate of drug-likeness (QED) is 0.328. The minimum Gasteiger partial charge on any atom is -0.369 e. The first-order chi connectivity index (χ1) is 14.6. The van der Waals surface area contributed by atoms with Gasteiger partial charge in [-0.1, -0.05) is 26.0 Å². The van der Waals surface area contributed by atoms with Gasteiger partial charge in [-0.25, -0.2) is 20.8 Å². The van der Waals surface area contributed by atoms with Gasteiger partial charge < -0.3 is 10.6 Å². The summed E-state index contributed by atoms with van der Waals surface area (Å²) in [5.41, 5.74) is 7.23. The number of para-hydroxylation sites is 1. The molecule has 0 aliphatic carbocycles. The van der Waals surface area contributed by atoms with E-state index in [0.717, 1.165) is 68.2 Å². The molecule has 8 heteroatoms. The van der Waals surface area contributed by atoms with Gasteiger partial charge in [-0.3, -0.25) is 4.90 Å². The van der Waals surface area contributed by atoms with Crippen molar-refractivity contribution in [3.63, 3.8) is 0 Å². The third-order valence-electron chi connectivity index (χ3n) is 5.60. The summed E-state index contributed by atoms with van der Waals surface area (Å²) in [6.45, 7) is 10.3. The number of piperazine rings is 1. The Hall–Kier alpha value is -1.84. The molecule has 1 aliphatic rings. The van der Waals surface area contributed by atoms with Crippen LogP contribution in [-0.2, 0) is 6.54 Å². The van der Waals surface area contributed by atoms with Gasteiger partial charge in [0, 0.05) is 58.2 Å². The number of anilines is 1. The molecule has 30 heavy (non-hydrogen) atoms. The van der Waals surface area contributed by atoms with Crippen molar-refractivity contribution in [1.29, 1.82) is 0 Å². The van der Waals surface area contributed by atoms with Crippen LogP contribution in [0.4, 0.5) is 5.82 Å². The van der Waals surface area contributed by atoms with Crippen LogP contribution < -0.4 is 21.5 Å². The van der Waals surface area contributed by atoms with E-state index in [4.69, 9.17) is 9.97 Å². The van der Waals surface area contributed by atoms with Crippen molar-refractivity contribution < 1.29 is 0 Å². The SMILES string of the molecule is CNN(CCCNc1nc(CN2CCNCC2CC(C)C)nc2ccccc12)NC. The summed E-state index contributed by atoms with van der Waals surface area (Å²) in [5, 5.41) is 10.1. The molecule has 3 rings (SSSR count). The lowest BCUT2D eigenvalue weighted by atomic mass is 10.0. The van der Waals surface area contributed by atoms with Gasteiger partial charge in [0.2, 0.25) is 0 Å². The molecular formula is C22H38N8. The van der Waals surface area contributed by atoms with Crippen LogP contribution in [0.25, 0.3) is 10.9 Å². The van der Waals surface area contributed by atoms with Crippen LogP contribution >= 0.6 is 0 Å². The minimum atomic E-state index is 0.541. The Morgan fingerprint density at radius 1 is 1.20 bits per heavy atom. The summed E-state index contributed by atoms with van der Waals surface area (Å²) in [6, 6.07) is 8.82. The number of fused-ring (bicyclic) bond motifs is 1. The van der Waals surface area contributed by atoms with Crippen LogP contribution in [-0.4, -0.2) is 72.8 Å². The molecule has 1 aromatic heterocycles. The van der Waals surface area contributed by atoms with E-state index in [-0.39, 0.29) is 0 Å². The molecule has 0 amide bonds. The van der Waals surface area contributed by atoms with E-state index in [9.17, 15) is 0 Å². The average molecular weight is 415 g/mol. The molecule has 0 radical (unpaired) electrons. The van der Waals surface area contributed by atoms with E-state index >= 15 is 0 Å². The maximum absolute atomic E-state index is 4.94. The fourth-order valence-electron chi connectivity index (χ4n) is 4.08. The maximum atomic E-state index is 4.94. The zero-order valence-corrected chi connectivity index (χ0v) is 18.9. The van der Waals surface area contributed by atoms with Crippen molar-refractivity contribution in [2.75, 3.05) is 52.1 Å². The molecular weight excluding hydrogens is 376 g/mol. The summed E-state index contributed by atoms with van der Waals surface area (Å²) >= 11 is 0. The molecule has 1 unspecified atom stereocenters. The lowest BCUT2D eigenvalue weighted by Gasteiger charge is -2.36. The Morgan fingerprint density at radius 2 is 2.00 bits per heavy atom. The van der Waals surface area contributed by atoms with Crippen LogP contribution in [0.1, 0.15) is 32.5 Å². The smallest absolute Gasteiger partial charge is 0.145 e. The summed E-state index contributed by atoms with van der Waals surface area (Å²) in [6.07, 6.45) is 2.18. The molecule has 0 spiro atoms. The van der Waals surface area contributed by atoms with E-state index in [1.807, 2.05) is 25.3 Å². The fourth-order valence-corrected chi connectivity index (χ4v) is 4.08. The van der Waals surface area contributed by atoms with Crippen molar-refractivity contribution >= 4 is 16.7 Å². The first-order valence-corrected chi connectivity index (χ1v) is 11.2. The Balaban J connectivity index is 1.72. The van der Waals surface area contributed by atoms with Crippen molar-refractivity contribution in [3.8, 4) is 0 Å². The van der Waals surface area contributed by atoms with E-state index in [1.165, 1.54) is 6.42 Å². The lowest BCUT2D eigenvalue weighted by Crippen LogP contribution is -2.51. The number of aromatic nitrogens is 2. The van der Waals surface area contributed by atoms with Gasteiger partial charge in [-0.2, -0.15) is 5.12 Å². The minimum absolute atomic E-state index is 0.541. The topological polar surface area (TPSA) is 80.4 Å². The summed E-state index contributed by atoms with van der Waals surface area (Å²) < 4.78 is 0. The highest BCUT2D eigenvalue weighted by Gasteiger charge is 2.24. The lowest BCUT2D eigenvalue weighted by molar-refractivity contribution is 0.131. The third kappa shape index (κ3) is 6.33. The predicted molar refractivity (Wildman–Crippen MR) is 124 cm³/mol. The Labute approximate surface area is 180 Å². The van der Waals surface area contributed by atoms with Gasteiger partial charge in [0.15, 0.2) is 0 Å². The van der Waals surface area contributed by atoms with Crippen LogP contribution in [0.3, 0.4) is 0 Å². The molecule has 166 valence electrons. The molecule has 0 saturated carbocycles. The molecule has 1 saturated heterocycles. The Bertz CT molecular complexity index is 777. The zero-order chi connectivity index (χ0) is 21.3. The van der Waals surface area contributed by atoms with Gasteiger partial charge in [-0.05, 0) is 30.9 Å². The molecule has 1 atom stereocenters. The molecule has 4 N–H and O–H groups in total. The summed E-state index contributed by atoms with van der Waals surface area (Å²) in [7, 11) is 3.83. The highest BCUT2D eigenvalue weighted by atomic mass is 15.7. The van der Waals surface area contributed by atoms with Crippen LogP contribution in [0.2, 0.25) is 0 Å². The van der Waals surface area contributed by atoms with E-state index < -0.39 is 0 Å². The maximum Gasteiger partial charge on any atom is 0.145 e. The Kier molecular flexibility index (Phi) is 8.77. The monoisotopic (exact) mass is 414 g/mol. The van der Waals surface area contributed by atoms with E-state index in [2.05, 4.69) is 58.4 Å². The molecule has 8 nitrogen and oxygen atoms in total. The standard InChI is InChI=1S/C22H38N8/c1-17(2)14-18-15-25-11-13-29(18)16-21-27-20-9-6-5-8-19(20)22(28-21)26-10-7-12-30(23-3)24-4/h5-6,8-9,17-18,23-25H,7,10-16H2,1-4H3,(H,26,27,28). The van der Waals surface area contributed by atoms with Crippen molar-refractivity contribution in [1.82, 2.24) is 36.2 Å². The first kappa shape index (κ1) is 22.8. The highest BCUT2D eigenvalue weighted by molar-refractivity contribution is 5.88. The second kappa shape index (κ2) is 11.5. The van der Waals surface area contributed by atoms with Gasteiger partial charge in [0.25, 0.3) is 0 Å². The van der Waals surface area contributed by atoms with Gasteiger partial charge in [0.1, 0.15) is 11.6 Å². The first-order valence-electron chi connectivity index (χ1n) is 11.2. The van der Waals surface area contributed by atoms with Crippen LogP contribution in [0.15, 0.2) is 24.3 Å². The largest absolute Gasteiger partial charge is 0.369 e. The van der Waals surface area contributed by atoms with Gasteiger partial charge in [0.05, 0.1) is 12.1 Å². The number of hydrogen-bond acceptors (Lipinski definition) is 8. The molecule has 1 fully saturated rings. The number of rotatable bonds is 11. The predicted octanol–water partition coefficient (Wildman–Crippen LogP) is 1.82. The van der Waals surface area contributed by atoms with Gasteiger partial charge >= 0.3 is 0 Å². The normalized spacial score (nSPS) is 17.9. The molecule has 1 aliphatic heterocycles. The van der Waals surface area contributed by atoms with Crippen LogP contribution in [0, 0.1) is 5.92 Å². The Morgan fingerprint density at radius 3 is 2.77 bits per heavy atom. The molecule has 2 aromatic rings. The molecule has 1 aromatic carbocycles. The third-order valence-corrected chi connectivity index (χ3v) is 5.60. The van der Waals surface area contributed by atoms with Crippen molar-refractivity contribution in [2.45, 2.75) is 39.3 Å². The molecule has 0 bridgehead atoms. The fraction of sp³-hybridized carbons (Fsp3) is 0.636. The summed E-state index contributed by atoms with van der Waals surface area (Å²) in [5.74, 6) is 2.52. The number of hydrazine groups is 2. The van der Waals surface area contributed by atoms with Crippen molar-refractivity contribution in [3.05, 3.63) is 30.1 Å². The second-order valence-corrected chi connectivity index (χ2v) is 8.34. The van der Waals surface area contributed by atoms with E-state index in [1.54, 1.807) is 0 Å². The number of nitrogens with one attached hydrogen (secondary N) is 4. The van der Waals surface area contributed by atoms with Crippen molar-refractivity contribution in [2.24, 2.45) is 5.92 Å². The number of nitrogens with zero attached hydrogens (tertiary/aromatic N) is 4. The highest BCUT2D eigenvalue weighted by Crippen LogP contribution is 2.22.